The monoisotopic (exact) mass is 328 g/mol. The van der Waals surface area contributed by atoms with Crippen LogP contribution in [-0.2, 0) is 9.53 Å². The highest BCUT2D eigenvalue weighted by molar-refractivity contribution is 5.95. The molecule has 2 N–H and O–H groups in total. The molecule has 1 amide bonds. The molecule has 0 saturated heterocycles. The summed E-state index contributed by atoms with van der Waals surface area (Å²) in [6.45, 7) is 2.51. The van der Waals surface area contributed by atoms with Crippen molar-refractivity contribution in [2.45, 2.75) is 19.0 Å². The lowest BCUT2D eigenvalue weighted by atomic mass is 10.0. The molecule has 2 atom stereocenters. The van der Waals surface area contributed by atoms with E-state index in [1.165, 1.54) is 0 Å². The maximum atomic E-state index is 12.8. The first kappa shape index (κ1) is 18.0. The molecule has 0 saturated carbocycles. The summed E-state index contributed by atoms with van der Waals surface area (Å²) in [4.78, 5) is 12.8. The molecule has 0 aromatic heterocycles. The second kappa shape index (κ2) is 9.05. The van der Waals surface area contributed by atoms with Gasteiger partial charge in [0.2, 0.25) is 5.91 Å². The summed E-state index contributed by atoms with van der Waals surface area (Å²) in [5.41, 5.74) is 1.60. The standard InChI is InChI=1S/C19H24N2O3/c1-14(13-23-2)20-18(15-8-5-4-6-9-15)19(22)21-16-10-7-11-17(12-16)24-3/h4-12,14,18,20H,13H2,1-3H3,(H,21,22). The molecular formula is C19H24N2O3. The van der Waals surface area contributed by atoms with Gasteiger partial charge in [0.25, 0.3) is 0 Å². The lowest BCUT2D eigenvalue weighted by Crippen LogP contribution is -2.40. The van der Waals surface area contributed by atoms with Crippen molar-refractivity contribution in [3.63, 3.8) is 0 Å². The zero-order valence-corrected chi connectivity index (χ0v) is 14.3. The van der Waals surface area contributed by atoms with Gasteiger partial charge in [-0.2, -0.15) is 0 Å². The van der Waals surface area contributed by atoms with Crippen LogP contribution in [0, 0.1) is 0 Å². The van der Waals surface area contributed by atoms with Gasteiger partial charge in [0.05, 0.1) is 13.7 Å². The van der Waals surface area contributed by atoms with E-state index in [1.54, 1.807) is 20.3 Å². The number of ether oxygens (including phenoxy) is 2. The molecule has 0 spiro atoms. The fraction of sp³-hybridized carbons (Fsp3) is 0.316. The molecule has 2 aromatic carbocycles. The Morgan fingerprint density at radius 2 is 1.83 bits per heavy atom. The smallest absolute Gasteiger partial charge is 0.246 e. The first-order valence-electron chi connectivity index (χ1n) is 7.89. The van der Waals surface area contributed by atoms with E-state index in [0.29, 0.717) is 18.0 Å². The molecule has 2 rings (SSSR count). The Morgan fingerprint density at radius 1 is 1.08 bits per heavy atom. The molecule has 0 aliphatic carbocycles. The van der Waals surface area contributed by atoms with E-state index in [4.69, 9.17) is 9.47 Å². The van der Waals surface area contributed by atoms with E-state index in [1.807, 2.05) is 55.5 Å². The van der Waals surface area contributed by atoms with Gasteiger partial charge in [0, 0.05) is 24.9 Å². The van der Waals surface area contributed by atoms with Crippen molar-refractivity contribution in [3.8, 4) is 5.75 Å². The Bertz CT molecular complexity index is 646. The third-order valence-electron chi connectivity index (χ3n) is 3.60. The first-order chi connectivity index (χ1) is 11.6. The molecule has 5 heteroatoms. The second-order valence-electron chi connectivity index (χ2n) is 5.59. The maximum Gasteiger partial charge on any atom is 0.246 e. The van der Waals surface area contributed by atoms with E-state index in [2.05, 4.69) is 10.6 Å². The van der Waals surface area contributed by atoms with Crippen molar-refractivity contribution in [2.75, 3.05) is 26.1 Å². The van der Waals surface area contributed by atoms with Gasteiger partial charge >= 0.3 is 0 Å². The molecular weight excluding hydrogens is 304 g/mol. The number of hydrogen-bond acceptors (Lipinski definition) is 4. The molecule has 24 heavy (non-hydrogen) atoms. The molecule has 0 fully saturated rings. The number of hydrogen-bond donors (Lipinski definition) is 2. The van der Waals surface area contributed by atoms with Crippen LogP contribution in [0.15, 0.2) is 54.6 Å². The fourth-order valence-corrected chi connectivity index (χ4v) is 2.47. The highest BCUT2D eigenvalue weighted by Crippen LogP contribution is 2.20. The second-order valence-corrected chi connectivity index (χ2v) is 5.59. The predicted octanol–water partition coefficient (Wildman–Crippen LogP) is 3.00. The highest BCUT2D eigenvalue weighted by atomic mass is 16.5. The minimum atomic E-state index is -0.470. The van der Waals surface area contributed by atoms with Crippen molar-refractivity contribution in [1.82, 2.24) is 5.32 Å². The van der Waals surface area contributed by atoms with Gasteiger partial charge in [-0.1, -0.05) is 36.4 Å². The number of rotatable bonds is 8. The van der Waals surface area contributed by atoms with E-state index >= 15 is 0 Å². The SMILES string of the molecule is COCC(C)NC(C(=O)Nc1cccc(OC)c1)c1ccccc1. The summed E-state index contributed by atoms with van der Waals surface area (Å²) >= 11 is 0. The van der Waals surface area contributed by atoms with Crippen LogP contribution in [0.3, 0.4) is 0 Å². The summed E-state index contributed by atoms with van der Waals surface area (Å²) in [5, 5.41) is 6.25. The average molecular weight is 328 g/mol. The first-order valence-corrected chi connectivity index (χ1v) is 7.89. The van der Waals surface area contributed by atoms with E-state index in [9.17, 15) is 4.79 Å². The van der Waals surface area contributed by atoms with Crippen LogP contribution in [-0.4, -0.2) is 32.8 Å². The zero-order valence-electron chi connectivity index (χ0n) is 14.3. The molecule has 5 nitrogen and oxygen atoms in total. The minimum Gasteiger partial charge on any atom is -0.497 e. The summed E-state index contributed by atoms with van der Waals surface area (Å²) in [5.74, 6) is 0.571. The number of methoxy groups -OCH3 is 2. The quantitative estimate of drug-likeness (QED) is 0.782. The Hall–Kier alpha value is -2.37. The van der Waals surface area contributed by atoms with Crippen LogP contribution in [0.1, 0.15) is 18.5 Å². The van der Waals surface area contributed by atoms with Crippen molar-refractivity contribution in [2.24, 2.45) is 0 Å². The van der Waals surface area contributed by atoms with Crippen LogP contribution in [0.25, 0.3) is 0 Å². The molecule has 0 bridgehead atoms. The molecule has 0 heterocycles. The van der Waals surface area contributed by atoms with Crippen LogP contribution < -0.4 is 15.4 Å². The third kappa shape index (κ3) is 5.08. The summed E-state index contributed by atoms with van der Waals surface area (Å²) in [7, 11) is 3.24. The summed E-state index contributed by atoms with van der Waals surface area (Å²) in [6, 6.07) is 16.5. The van der Waals surface area contributed by atoms with Gasteiger partial charge in [0.1, 0.15) is 11.8 Å². The van der Waals surface area contributed by atoms with E-state index < -0.39 is 6.04 Å². The summed E-state index contributed by atoms with van der Waals surface area (Å²) < 4.78 is 10.4. The van der Waals surface area contributed by atoms with Crippen molar-refractivity contribution < 1.29 is 14.3 Å². The van der Waals surface area contributed by atoms with Gasteiger partial charge in [-0.3, -0.25) is 10.1 Å². The third-order valence-corrected chi connectivity index (χ3v) is 3.60. The van der Waals surface area contributed by atoms with Crippen LogP contribution in [0.2, 0.25) is 0 Å². The van der Waals surface area contributed by atoms with Gasteiger partial charge in [0.15, 0.2) is 0 Å². The molecule has 0 aliphatic heterocycles. The van der Waals surface area contributed by atoms with Gasteiger partial charge in [-0.25, -0.2) is 0 Å². The Kier molecular flexibility index (Phi) is 6.78. The van der Waals surface area contributed by atoms with Crippen molar-refractivity contribution >= 4 is 11.6 Å². The van der Waals surface area contributed by atoms with Crippen LogP contribution in [0.4, 0.5) is 5.69 Å². The van der Waals surface area contributed by atoms with Crippen molar-refractivity contribution in [1.29, 1.82) is 0 Å². The average Bonchev–Trinajstić information content (AvgIpc) is 2.60. The lowest BCUT2D eigenvalue weighted by molar-refractivity contribution is -0.118. The van der Waals surface area contributed by atoms with Gasteiger partial charge < -0.3 is 14.8 Å². The topological polar surface area (TPSA) is 59.6 Å². The maximum absolute atomic E-state index is 12.8. The number of benzene rings is 2. The van der Waals surface area contributed by atoms with Gasteiger partial charge in [-0.05, 0) is 24.6 Å². The number of anilines is 1. The van der Waals surface area contributed by atoms with E-state index in [0.717, 1.165) is 5.56 Å². The Morgan fingerprint density at radius 3 is 2.50 bits per heavy atom. The fourth-order valence-electron chi connectivity index (χ4n) is 2.47. The Labute approximate surface area is 143 Å². The van der Waals surface area contributed by atoms with Crippen molar-refractivity contribution in [3.05, 3.63) is 60.2 Å². The largest absolute Gasteiger partial charge is 0.497 e. The van der Waals surface area contributed by atoms with Crippen LogP contribution in [0.5, 0.6) is 5.75 Å². The lowest BCUT2D eigenvalue weighted by Gasteiger charge is -2.23. The number of nitrogens with one attached hydrogen (secondary N) is 2. The van der Waals surface area contributed by atoms with Crippen LogP contribution >= 0.6 is 0 Å². The molecule has 2 unspecified atom stereocenters. The zero-order chi connectivity index (χ0) is 17.4. The minimum absolute atomic E-state index is 0.0382. The summed E-state index contributed by atoms with van der Waals surface area (Å²) in [6.07, 6.45) is 0. The molecule has 0 aliphatic rings. The van der Waals surface area contributed by atoms with Gasteiger partial charge in [-0.15, -0.1) is 0 Å². The number of carbonyl (C=O) groups is 1. The predicted molar refractivity (Wildman–Crippen MR) is 95.3 cm³/mol. The normalized spacial score (nSPS) is 13.1. The molecule has 2 aromatic rings. The molecule has 128 valence electrons. The Balaban J connectivity index is 2.17. The van der Waals surface area contributed by atoms with E-state index in [-0.39, 0.29) is 11.9 Å². The molecule has 0 radical (unpaired) electrons. The highest BCUT2D eigenvalue weighted by Gasteiger charge is 2.22. The number of carbonyl (C=O) groups excluding carboxylic acids is 1. The number of amides is 1.